The Morgan fingerprint density at radius 1 is 1.68 bits per heavy atom. The normalized spacial score (nSPS) is 24.9. The summed E-state index contributed by atoms with van der Waals surface area (Å²) in [7, 11) is 0. The molecule has 1 aromatic carbocycles. The number of allylic oxidation sites excluding steroid dienone is 4. The minimum atomic E-state index is -2.62. The van der Waals surface area contributed by atoms with Crippen LogP contribution in [0.2, 0.25) is 0 Å². The quantitative estimate of drug-likeness (QED) is 0.878. The van der Waals surface area contributed by atoms with E-state index in [0.717, 1.165) is 12.1 Å². The first-order valence-electron chi connectivity index (χ1n) is 10.6. The van der Waals surface area contributed by atoms with Crippen LogP contribution in [0.1, 0.15) is 36.2 Å². The lowest BCUT2D eigenvalue weighted by Crippen LogP contribution is -2.39. The first-order valence-corrected chi connectivity index (χ1v) is 6.47. The minimum absolute atomic E-state index is 0.203. The molecule has 1 aromatic rings. The summed E-state index contributed by atoms with van der Waals surface area (Å²) in [4.78, 5) is 12.3. The van der Waals surface area contributed by atoms with Crippen LogP contribution in [0.4, 0.5) is 4.39 Å². The molecule has 0 saturated carbocycles. The number of benzene rings is 1. The number of hydrogen-bond acceptors (Lipinski definition) is 3. The van der Waals surface area contributed by atoms with Crippen molar-refractivity contribution < 1.29 is 24.9 Å². The van der Waals surface area contributed by atoms with Crippen LogP contribution in [0.3, 0.4) is 0 Å². The number of carbonyl (C=O) groups is 1. The molecule has 2 rings (SSSR count). The van der Waals surface area contributed by atoms with Crippen molar-refractivity contribution in [3.05, 3.63) is 59.2 Å². The zero-order valence-corrected chi connectivity index (χ0v) is 11.9. The fourth-order valence-corrected chi connectivity index (χ4v) is 1.60. The van der Waals surface area contributed by atoms with Gasteiger partial charge in [0, 0.05) is 24.6 Å². The van der Waals surface area contributed by atoms with Crippen molar-refractivity contribution in [3.63, 3.8) is 0 Å². The summed E-state index contributed by atoms with van der Waals surface area (Å²) in [5, 5.41) is 0. The van der Waals surface area contributed by atoms with Gasteiger partial charge in [0.1, 0.15) is 18.4 Å². The summed E-state index contributed by atoms with van der Waals surface area (Å²) in [6, 6.07) is 1.78. The van der Waals surface area contributed by atoms with E-state index >= 15 is 0 Å². The lowest BCUT2D eigenvalue weighted by Gasteiger charge is -2.29. The van der Waals surface area contributed by atoms with Crippen molar-refractivity contribution in [1.82, 2.24) is 4.90 Å². The number of carbonyl (C=O) groups excluding carboxylic acids is 1. The molecule has 0 unspecified atom stereocenters. The Morgan fingerprint density at radius 2 is 2.50 bits per heavy atom. The van der Waals surface area contributed by atoms with Crippen molar-refractivity contribution in [2.75, 3.05) is 7.00 Å². The van der Waals surface area contributed by atoms with E-state index in [1.54, 1.807) is 0 Å². The van der Waals surface area contributed by atoms with E-state index in [4.69, 9.17) is 21.4 Å². The summed E-state index contributed by atoms with van der Waals surface area (Å²) >= 11 is 0. The van der Waals surface area contributed by atoms with Crippen LogP contribution in [0.15, 0.2) is 47.8 Å². The molecular formula is C17H21FN2O2. The predicted octanol–water partition coefficient (Wildman–Crippen LogP) is 2.71. The third-order valence-electron chi connectivity index (χ3n) is 2.94. The van der Waals surface area contributed by atoms with Gasteiger partial charge in [0.25, 0.3) is 0 Å². The number of likely N-dealkylation sites (N-methyl/N-ethyl adjacent to an activating group) is 1. The molecule has 1 amide bonds. The van der Waals surface area contributed by atoms with Gasteiger partial charge in [-0.15, -0.1) is 0 Å². The maximum absolute atomic E-state index is 13.4. The maximum Gasteiger partial charge on any atom is 0.239 e. The molecular weight excluding hydrogens is 283 g/mol. The zero-order valence-electron chi connectivity index (χ0n) is 19.9. The molecule has 0 aromatic heterocycles. The van der Waals surface area contributed by atoms with Gasteiger partial charge < -0.3 is 15.4 Å². The lowest BCUT2D eigenvalue weighted by atomic mass is 10.1. The molecule has 0 heterocycles. The van der Waals surface area contributed by atoms with Crippen molar-refractivity contribution in [2.45, 2.75) is 32.3 Å². The van der Waals surface area contributed by atoms with Crippen molar-refractivity contribution in [2.24, 2.45) is 5.73 Å². The van der Waals surface area contributed by atoms with Crippen LogP contribution >= 0.6 is 0 Å². The van der Waals surface area contributed by atoms with E-state index < -0.39 is 67.7 Å². The molecule has 0 aliphatic heterocycles. The molecule has 0 fully saturated rings. The molecule has 2 N–H and O–H groups in total. The van der Waals surface area contributed by atoms with Gasteiger partial charge in [-0.05, 0) is 43.1 Å². The molecule has 4 nitrogen and oxygen atoms in total. The Bertz CT molecular complexity index is 903. The van der Waals surface area contributed by atoms with Gasteiger partial charge in [-0.3, -0.25) is 4.79 Å². The van der Waals surface area contributed by atoms with Crippen molar-refractivity contribution >= 4 is 5.91 Å². The van der Waals surface area contributed by atoms with Crippen LogP contribution in [-0.2, 0) is 16.1 Å². The van der Waals surface area contributed by atoms with Gasteiger partial charge in [-0.2, -0.15) is 0 Å². The van der Waals surface area contributed by atoms with Gasteiger partial charge in [0.2, 0.25) is 5.91 Å². The Hall–Kier alpha value is -2.30. The third-order valence-corrected chi connectivity index (χ3v) is 2.94. The standard InChI is InChI=1S/C17H21FN2O2/c1-12(17(19)21)20(2)15-6-8-16(9-7-15)22-11-13-4-3-5-14(18)10-13/h3-6,8,10,12H,7,9,11H2,1-2H3,(H2,19,21)/t12-/m0/s1/i2D2,6D,7D2,8D,11D2. The van der Waals surface area contributed by atoms with Gasteiger partial charge in [-0.25, -0.2) is 4.39 Å². The summed E-state index contributed by atoms with van der Waals surface area (Å²) in [6.07, 6.45) is -3.17. The van der Waals surface area contributed by atoms with E-state index in [-0.39, 0.29) is 5.56 Å². The number of nitrogens with zero attached hydrogens (tertiary/aromatic N) is 1. The Kier molecular flexibility index (Phi) is 2.70. The SMILES string of the molecule is [2H]C1=C(OC([2H])([2H])c2cccc(F)c2)CC([2H])([2H])C(N(C([2H])[2H])[C@@H](C)C(N)=O)=C1[2H]. The number of halogens is 1. The van der Waals surface area contributed by atoms with Gasteiger partial charge >= 0.3 is 0 Å². The molecule has 5 heteroatoms. The van der Waals surface area contributed by atoms with Crippen LogP contribution in [0.5, 0.6) is 0 Å². The lowest BCUT2D eigenvalue weighted by molar-refractivity contribution is -0.121. The van der Waals surface area contributed by atoms with Crippen LogP contribution < -0.4 is 5.73 Å². The number of ether oxygens (including phenoxy) is 1. The molecule has 0 saturated heterocycles. The van der Waals surface area contributed by atoms with E-state index in [1.165, 1.54) is 19.1 Å². The average molecular weight is 312 g/mol. The minimum Gasteiger partial charge on any atom is -0.493 e. The van der Waals surface area contributed by atoms with Gasteiger partial charge in [0.15, 0.2) is 0 Å². The van der Waals surface area contributed by atoms with E-state index in [1.807, 2.05) is 0 Å². The molecule has 1 atom stereocenters. The van der Waals surface area contributed by atoms with Gasteiger partial charge in [0.05, 0.1) is 11.2 Å². The van der Waals surface area contributed by atoms with E-state index in [9.17, 15) is 9.18 Å². The summed E-state index contributed by atoms with van der Waals surface area (Å²) in [5.74, 6) is -2.16. The molecule has 1 aliphatic rings. The van der Waals surface area contributed by atoms with Crippen LogP contribution in [0, 0.1) is 5.82 Å². The number of primary amides is 1. The van der Waals surface area contributed by atoms with Gasteiger partial charge in [-0.1, -0.05) is 12.1 Å². The summed E-state index contributed by atoms with van der Waals surface area (Å²) in [5.41, 5.74) is 4.45. The predicted molar refractivity (Wildman–Crippen MR) is 83.0 cm³/mol. The fourth-order valence-electron chi connectivity index (χ4n) is 1.60. The zero-order chi connectivity index (χ0) is 23.0. The molecule has 22 heavy (non-hydrogen) atoms. The first kappa shape index (κ1) is 8.36. The highest BCUT2D eigenvalue weighted by atomic mass is 19.1. The largest absolute Gasteiger partial charge is 0.493 e. The molecule has 0 spiro atoms. The first-order chi connectivity index (χ1) is 13.7. The summed E-state index contributed by atoms with van der Waals surface area (Å²) in [6.45, 7) is -3.27. The van der Waals surface area contributed by atoms with Crippen LogP contribution in [-0.4, -0.2) is 23.8 Å². The van der Waals surface area contributed by atoms with E-state index in [2.05, 4.69) is 0 Å². The third kappa shape index (κ3) is 4.10. The average Bonchev–Trinajstić information content (AvgIpc) is 2.61. The number of hydrogen-bond donors (Lipinski definition) is 1. The molecule has 1 aliphatic carbocycles. The second-order valence-corrected chi connectivity index (χ2v) is 4.58. The highest BCUT2D eigenvalue weighted by Crippen LogP contribution is 2.23. The Morgan fingerprint density at radius 3 is 3.18 bits per heavy atom. The monoisotopic (exact) mass is 312 g/mol. The van der Waals surface area contributed by atoms with Crippen molar-refractivity contribution in [3.8, 4) is 0 Å². The number of rotatable bonds is 6. The van der Waals surface area contributed by atoms with Crippen LogP contribution in [0.25, 0.3) is 0 Å². The second-order valence-electron chi connectivity index (χ2n) is 4.58. The molecule has 118 valence electrons. The number of nitrogens with two attached hydrogens (primary N) is 1. The molecule has 0 bridgehead atoms. The fraction of sp³-hybridized carbons (Fsp3) is 0.353. The molecule has 0 radical (unpaired) electrons. The van der Waals surface area contributed by atoms with Crippen molar-refractivity contribution in [1.29, 1.82) is 0 Å². The number of amides is 1. The second kappa shape index (κ2) is 7.11. The topological polar surface area (TPSA) is 55.6 Å². The van der Waals surface area contributed by atoms with E-state index in [0.29, 0.717) is 4.90 Å². The highest BCUT2D eigenvalue weighted by Gasteiger charge is 2.19. The maximum atomic E-state index is 13.4. The smallest absolute Gasteiger partial charge is 0.239 e. The Labute approximate surface area is 141 Å². The summed E-state index contributed by atoms with van der Waals surface area (Å²) < 4.78 is 82.9. The Balaban J connectivity index is 2.53. The highest BCUT2D eigenvalue weighted by molar-refractivity contribution is 5.79.